The molecule has 1 nitrogen and oxygen atoms in total. The van der Waals surface area contributed by atoms with Gasteiger partial charge in [-0.15, -0.1) is 0 Å². The Morgan fingerprint density at radius 2 is 1.52 bits per heavy atom. The molecule has 0 spiro atoms. The van der Waals surface area contributed by atoms with Gasteiger partial charge in [-0.05, 0) is 30.3 Å². The van der Waals surface area contributed by atoms with E-state index in [2.05, 4.69) is 0 Å². The molecule has 0 fully saturated rings. The van der Waals surface area contributed by atoms with Crippen molar-refractivity contribution in [1.29, 1.82) is 0 Å². The van der Waals surface area contributed by atoms with E-state index in [1.165, 1.54) is 31.4 Å². The van der Waals surface area contributed by atoms with Crippen molar-refractivity contribution >= 4 is 34.8 Å². The summed E-state index contributed by atoms with van der Waals surface area (Å²) in [6.07, 6.45) is -4.55. The molecule has 0 saturated heterocycles. The van der Waals surface area contributed by atoms with Gasteiger partial charge in [0.25, 0.3) is 0 Å². The average Bonchev–Trinajstić information content (AvgIpc) is 2.36. The molecule has 7 heteroatoms. The van der Waals surface area contributed by atoms with E-state index in [1.54, 1.807) is 0 Å². The van der Waals surface area contributed by atoms with E-state index < -0.39 is 11.7 Å². The predicted molar refractivity (Wildman–Crippen MR) is 78.5 cm³/mol. The molecule has 0 unspecified atom stereocenters. The van der Waals surface area contributed by atoms with Gasteiger partial charge in [-0.2, -0.15) is 13.2 Å². The van der Waals surface area contributed by atoms with Crippen LogP contribution in [0.15, 0.2) is 30.3 Å². The maximum atomic E-state index is 13.2. The molecule has 0 aliphatic carbocycles. The van der Waals surface area contributed by atoms with Crippen LogP contribution in [0.25, 0.3) is 11.1 Å². The van der Waals surface area contributed by atoms with E-state index in [0.717, 1.165) is 6.07 Å². The van der Waals surface area contributed by atoms with Gasteiger partial charge >= 0.3 is 6.18 Å². The Kier molecular flexibility index (Phi) is 4.61. The first-order chi connectivity index (χ1) is 9.74. The molecule has 0 aliphatic rings. The van der Waals surface area contributed by atoms with Crippen LogP contribution < -0.4 is 4.74 Å². The molecule has 0 saturated carbocycles. The van der Waals surface area contributed by atoms with Gasteiger partial charge in [0.1, 0.15) is 5.75 Å². The molecule has 0 atom stereocenters. The molecular weight excluding hydrogens is 348 g/mol. The number of rotatable bonds is 2. The van der Waals surface area contributed by atoms with Crippen LogP contribution in [0.2, 0.25) is 15.1 Å². The van der Waals surface area contributed by atoms with E-state index in [-0.39, 0.29) is 31.9 Å². The van der Waals surface area contributed by atoms with Gasteiger partial charge in [0.15, 0.2) is 0 Å². The van der Waals surface area contributed by atoms with Gasteiger partial charge < -0.3 is 4.74 Å². The van der Waals surface area contributed by atoms with Crippen LogP contribution in [0.1, 0.15) is 5.56 Å². The van der Waals surface area contributed by atoms with Crippen molar-refractivity contribution in [1.82, 2.24) is 0 Å². The lowest BCUT2D eigenvalue weighted by molar-refractivity contribution is -0.137. The van der Waals surface area contributed by atoms with Crippen molar-refractivity contribution in [3.63, 3.8) is 0 Å². The highest BCUT2D eigenvalue weighted by Crippen LogP contribution is 2.44. The summed E-state index contributed by atoms with van der Waals surface area (Å²) < 4.78 is 44.4. The van der Waals surface area contributed by atoms with E-state index in [0.29, 0.717) is 0 Å². The normalized spacial score (nSPS) is 11.6. The van der Waals surface area contributed by atoms with Crippen LogP contribution in [0.4, 0.5) is 13.2 Å². The molecule has 0 aromatic heterocycles. The highest BCUT2D eigenvalue weighted by Gasteiger charge is 2.34. The van der Waals surface area contributed by atoms with Gasteiger partial charge in [-0.3, -0.25) is 0 Å². The zero-order valence-electron chi connectivity index (χ0n) is 10.6. The van der Waals surface area contributed by atoms with Crippen molar-refractivity contribution in [3.8, 4) is 16.9 Å². The van der Waals surface area contributed by atoms with Crippen molar-refractivity contribution in [2.45, 2.75) is 6.18 Å². The number of benzene rings is 2. The van der Waals surface area contributed by atoms with Crippen LogP contribution >= 0.6 is 34.8 Å². The third-order valence-corrected chi connectivity index (χ3v) is 3.62. The molecule has 2 aromatic carbocycles. The Morgan fingerprint density at radius 3 is 2.00 bits per heavy atom. The molecular formula is C14H8Cl3F3O. The topological polar surface area (TPSA) is 9.23 Å². The lowest BCUT2D eigenvalue weighted by atomic mass is 9.98. The molecule has 2 rings (SSSR count). The molecule has 0 bridgehead atoms. The third-order valence-electron chi connectivity index (χ3n) is 2.81. The first-order valence-electron chi connectivity index (χ1n) is 5.64. The lowest BCUT2D eigenvalue weighted by Gasteiger charge is -2.16. The summed E-state index contributed by atoms with van der Waals surface area (Å²) in [5, 5.41) is 0.308. The molecule has 0 amide bonds. The standard InChI is InChI=1S/C14H8Cl3F3O/c1-21-8-2-3-10(14(18,19)20)9(6-8)13-11(16)4-7(15)5-12(13)17/h2-6H,1H3. The van der Waals surface area contributed by atoms with Crippen LogP contribution in [0, 0.1) is 0 Å². The maximum absolute atomic E-state index is 13.2. The Bertz CT molecular complexity index is 661. The van der Waals surface area contributed by atoms with Gasteiger partial charge in [0, 0.05) is 16.1 Å². The summed E-state index contributed by atoms with van der Waals surface area (Å²) in [5.41, 5.74) is -0.947. The van der Waals surface area contributed by atoms with Crippen molar-refractivity contribution in [2.24, 2.45) is 0 Å². The smallest absolute Gasteiger partial charge is 0.417 e. The average molecular weight is 356 g/mol. The van der Waals surface area contributed by atoms with E-state index in [4.69, 9.17) is 39.5 Å². The SMILES string of the molecule is COc1ccc(C(F)(F)F)c(-c2c(Cl)cc(Cl)cc2Cl)c1. The van der Waals surface area contributed by atoms with Crippen LogP contribution in [-0.4, -0.2) is 7.11 Å². The van der Waals surface area contributed by atoms with Gasteiger partial charge in [0.05, 0.1) is 22.7 Å². The fourth-order valence-electron chi connectivity index (χ4n) is 1.90. The second kappa shape index (κ2) is 5.95. The zero-order chi connectivity index (χ0) is 15.8. The molecule has 112 valence electrons. The summed E-state index contributed by atoms with van der Waals surface area (Å²) in [4.78, 5) is 0. The fourth-order valence-corrected chi connectivity index (χ4v) is 2.92. The summed E-state index contributed by atoms with van der Waals surface area (Å²) in [5.74, 6) is 0.264. The number of ether oxygens (including phenoxy) is 1. The molecule has 0 N–H and O–H groups in total. The van der Waals surface area contributed by atoms with E-state index >= 15 is 0 Å². The molecule has 0 radical (unpaired) electrons. The van der Waals surface area contributed by atoms with Gasteiger partial charge in [0.2, 0.25) is 0 Å². The van der Waals surface area contributed by atoms with E-state index in [9.17, 15) is 13.2 Å². The summed E-state index contributed by atoms with van der Waals surface area (Å²) in [6, 6.07) is 6.07. The predicted octanol–water partition coefficient (Wildman–Crippen LogP) is 6.34. The maximum Gasteiger partial charge on any atom is 0.417 e. The second-order valence-corrected chi connectivity index (χ2v) is 5.40. The number of methoxy groups -OCH3 is 1. The Hall–Kier alpha value is -1.10. The van der Waals surface area contributed by atoms with Crippen LogP contribution in [0.5, 0.6) is 5.75 Å². The second-order valence-electron chi connectivity index (χ2n) is 4.15. The largest absolute Gasteiger partial charge is 0.497 e. The number of hydrogen-bond donors (Lipinski definition) is 0. The quantitative estimate of drug-likeness (QED) is 0.610. The highest BCUT2D eigenvalue weighted by molar-refractivity contribution is 6.41. The minimum atomic E-state index is -4.55. The Balaban J connectivity index is 2.78. The number of halogens is 6. The van der Waals surface area contributed by atoms with Crippen molar-refractivity contribution in [3.05, 3.63) is 51.0 Å². The summed E-state index contributed by atoms with van der Waals surface area (Å²) in [7, 11) is 1.36. The lowest BCUT2D eigenvalue weighted by Crippen LogP contribution is -2.07. The minimum absolute atomic E-state index is 0.0336. The van der Waals surface area contributed by atoms with Crippen LogP contribution in [0.3, 0.4) is 0 Å². The first kappa shape index (κ1) is 16.3. The van der Waals surface area contributed by atoms with Crippen molar-refractivity contribution in [2.75, 3.05) is 7.11 Å². The monoisotopic (exact) mass is 354 g/mol. The zero-order valence-corrected chi connectivity index (χ0v) is 12.8. The van der Waals surface area contributed by atoms with Gasteiger partial charge in [-0.25, -0.2) is 0 Å². The summed E-state index contributed by atoms with van der Waals surface area (Å²) >= 11 is 17.8. The molecule has 21 heavy (non-hydrogen) atoms. The Labute approximate surface area is 134 Å². The fraction of sp³-hybridized carbons (Fsp3) is 0.143. The number of hydrogen-bond acceptors (Lipinski definition) is 1. The molecule has 0 heterocycles. The minimum Gasteiger partial charge on any atom is -0.497 e. The molecule has 2 aromatic rings. The van der Waals surface area contributed by atoms with Gasteiger partial charge in [-0.1, -0.05) is 34.8 Å². The number of alkyl halides is 3. The van der Waals surface area contributed by atoms with E-state index in [1.807, 2.05) is 0 Å². The van der Waals surface area contributed by atoms with Crippen molar-refractivity contribution < 1.29 is 17.9 Å². The highest BCUT2D eigenvalue weighted by atomic mass is 35.5. The first-order valence-corrected chi connectivity index (χ1v) is 6.77. The molecule has 0 aliphatic heterocycles. The van der Waals surface area contributed by atoms with Crippen LogP contribution in [-0.2, 0) is 6.18 Å². The summed E-state index contributed by atoms with van der Waals surface area (Å²) in [6.45, 7) is 0. The third kappa shape index (κ3) is 3.39. The Morgan fingerprint density at radius 1 is 0.952 bits per heavy atom.